The fourth-order valence-electron chi connectivity index (χ4n) is 5.23. The minimum atomic E-state index is -1.10. The van der Waals surface area contributed by atoms with Crippen LogP contribution in [0, 0.1) is 0 Å². The van der Waals surface area contributed by atoms with Crippen molar-refractivity contribution >= 4 is 5.95 Å². The zero-order chi connectivity index (χ0) is 24.8. The number of halogens is 1. The Morgan fingerprint density at radius 3 is 1.97 bits per heavy atom. The van der Waals surface area contributed by atoms with Crippen molar-refractivity contribution in [1.82, 2.24) is 4.98 Å². The molecule has 0 fully saturated rings. The summed E-state index contributed by atoms with van der Waals surface area (Å²) in [5, 5.41) is 12.0. The smallest absolute Gasteiger partial charge is 0.396 e. The molecule has 1 unspecified atom stereocenters. The third kappa shape index (κ3) is 5.94. The van der Waals surface area contributed by atoms with Crippen molar-refractivity contribution in [3.05, 3.63) is 103 Å². The Morgan fingerprint density at radius 2 is 1.32 bits per heavy atom. The molecule has 5 rings (SSSR count). The van der Waals surface area contributed by atoms with Crippen molar-refractivity contribution in [1.29, 1.82) is 0 Å². The van der Waals surface area contributed by atoms with Crippen molar-refractivity contribution in [2.45, 2.75) is 57.7 Å². The van der Waals surface area contributed by atoms with Gasteiger partial charge in [-0.1, -0.05) is 123 Å². The number of aliphatic hydroxyl groups is 1. The lowest BCUT2D eigenvalue weighted by Gasteiger charge is -2.28. The largest absolute Gasteiger partial charge is 1.00 e. The summed E-state index contributed by atoms with van der Waals surface area (Å²) in [6.45, 7) is 3.52. The van der Waals surface area contributed by atoms with Crippen LogP contribution in [0.2, 0.25) is 0 Å². The van der Waals surface area contributed by atoms with Crippen LogP contribution in [0.4, 0.5) is 5.95 Å². The first kappa shape index (κ1) is 27.0. The second kappa shape index (κ2) is 12.5. The molecule has 37 heavy (non-hydrogen) atoms. The van der Waals surface area contributed by atoms with E-state index < -0.39 is 5.72 Å². The van der Waals surface area contributed by atoms with Crippen LogP contribution in [0.1, 0.15) is 51.0 Å². The first-order valence-electron chi connectivity index (χ1n) is 13.3. The van der Waals surface area contributed by atoms with Gasteiger partial charge in [0.05, 0.1) is 12.7 Å². The van der Waals surface area contributed by atoms with E-state index in [4.69, 9.17) is 0 Å². The summed E-state index contributed by atoms with van der Waals surface area (Å²) in [7, 11) is 0. The summed E-state index contributed by atoms with van der Waals surface area (Å²) in [5.74, 6) is 0.842. The van der Waals surface area contributed by atoms with Gasteiger partial charge in [-0.2, -0.15) is 0 Å². The van der Waals surface area contributed by atoms with Gasteiger partial charge in [-0.05, 0) is 28.7 Å². The van der Waals surface area contributed by atoms with Crippen LogP contribution in [0.3, 0.4) is 0 Å². The second-order valence-electron chi connectivity index (χ2n) is 9.80. The first-order chi connectivity index (χ1) is 17.7. The van der Waals surface area contributed by atoms with E-state index in [2.05, 4.69) is 94.2 Å². The highest BCUT2D eigenvalue weighted by Gasteiger charge is 2.51. The second-order valence-corrected chi connectivity index (χ2v) is 9.80. The Bertz CT molecular complexity index is 1260. The lowest BCUT2D eigenvalue weighted by molar-refractivity contribution is -0.685. The maximum Gasteiger partial charge on any atom is 0.396 e. The number of fused-ring (bicyclic) bond motifs is 1. The van der Waals surface area contributed by atoms with Crippen LogP contribution in [-0.4, -0.2) is 16.6 Å². The first-order valence-corrected chi connectivity index (χ1v) is 13.3. The molecule has 0 bridgehead atoms. The Morgan fingerprint density at radius 1 is 0.757 bits per heavy atom. The molecule has 0 radical (unpaired) electrons. The third-order valence-corrected chi connectivity index (χ3v) is 7.29. The zero-order valence-electron chi connectivity index (χ0n) is 21.6. The van der Waals surface area contributed by atoms with E-state index in [9.17, 15) is 5.11 Å². The van der Waals surface area contributed by atoms with Gasteiger partial charge >= 0.3 is 5.95 Å². The fourth-order valence-corrected chi connectivity index (χ4v) is 5.23. The lowest BCUT2D eigenvalue weighted by atomic mass is 9.96. The van der Waals surface area contributed by atoms with Gasteiger partial charge in [0.15, 0.2) is 0 Å². The molecule has 0 saturated heterocycles. The number of rotatable bonds is 10. The van der Waals surface area contributed by atoms with Crippen molar-refractivity contribution in [2.75, 3.05) is 11.4 Å². The van der Waals surface area contributed by atoms with Crippen molar-refractivity contribution in [2.24, 2.45) is 0 Å². The molecule has 1 aliphatic rings. The van der Waals surface area contributed by atoms with Gasteiger partial charge in [0.1, 0.15) is 12.7 Å². The summed E-state index contributed by atoms with van der Waals surface area (Å²) in [5.41, 5.74) is 4.56. The maximum atomic E-state index is 12.0. The number of nitrogens with zero attached hydrogens (tertiary/aromatic N) is 3. The number of benzene rings is 3. The molecule has 4 aromatic rings. The third-order valence-electron chi connectivity index (χ3n) is 7.29. The Kier molecular flexibility index (Phi) is 9.12. The molecule has 0 spiro atoms. The number of hydrogen-bond acceptors (Lipinski definition) is 3. The Labute approximate surface area is 231 Å². The molecule has 1 aliphatic heterocycles. The molecule has 0 saturated carbocycles. The topological polar surface area (TPSA) is 40.2 Å². The summed E-state index contributed by atoms with van der Waals surface area (Å²) in [6.07, 6.45) is 11.2. The molecular weight excluding hydrogens is 522 g/mol. The normalized spacial score (nSPS) is 16.3. The minimum Gasteiger partial charge on any atom is -1.00 e. The molecule has 1 N–H and O–H groups in total. The van der Waals surface area contributed by atoms with Gasteiger partial charge < -0.3 is 22.1 Å². The van der Waals surface area contributed by atoms with E-state index >= 15 is 0 Å². The van der Waals surface area contributed by atoms with E-state index in [-0.39, 0.29) is 17.0 Å². The number of aromatic nitrogens is 2. The molecule has 0 aliphatic carbocycles. The van der Waals surface area contributed by atoms with E-state index in [1.54, 1.807) is 0 Å². The van der Waals surface area contributed by atoms with Crippen LogP contribution >= 0.6 is 0 Å². The summed E-state index contributed by atoms with van der Waals surface area (Å²) in [6, 6.07) is 29.4. The maximum absolute atomic E-state index is 12.0. The molecule has 192 valence electrons. The molecule has 4 nitrogen and oxygen atoms in total. The highest BCUT2D eigenvalue weighted by Crippen LogP contribution is 2.35. The van der Waals surface area contributed by atoms with Crippen molar-refractivity contribution in [3.63, 3.8) is 0 Å². The predicted octanol–water partition coefficient (Wildman–Crippen LogP) is 3.73. The number of anilines is 1. The van der Waals surface area contributed by atoms with Crippen LogP contribution in [0.5, 0.6) is 0 Å². The van der Waals surface area contributed by atoms with Crippen LogP contribution in [-0.2, 0) is 12.3 Å². The van der Waals surface area contributed by atoms with Crippen LogP contribution in [0.25, 0.3) is 22.3 Å². The average Bonchev–Trinajstić information content (AvgIpc) is 3.23. The quantitative estimate of drug-likeness (QED) is 0.238. The number of unbranched alkanes of at least 4 members (excludes halogenated alkanes) is 5. The monoisotopic (exact) mass is 557 g/mol. The number of hydrogen-bond donors (Lipinski definition) is 1. The molecule has 0 amide bonds. The van der Waals surface area contributed by atoms with Crippen molar-refractivity contribution in [3.8, 4) is 22.3 Å². The van der Waals surface area contributed by atoms with E-state index in [1.807, 2.05) is 24.5 Å². The molecule has 1 aromatic heterocycles. The average molecular weight is 559 g/mol. The van der Waals surface area contributed by atoms with Crippen LogP contribution in [0.15, 0.2) is 97.3 Å². The SMILES string of the molecule is CCCCCCCCN1c2nccc[n+]2CC1(O)c1ccc(-c2ccc(-c3ccccc3)cc2)cc1.[Br-]. The standard InChI is InChI=1S/C32H36N3O.BrH/c1-2-3-4-5-6-10-24-35-31-33-22-11-23-34(31)25-32(35,36)30-20-18-29(19-21-30)28-16-14-27(15-17-28)26-12-8-7-9-13-26;/h7-9,11-23,36H,2-6,10,24-25H2,1H3;1H/q+1;/p-1. The van der Waals surface area contributed by atoms with Gasteiger partial charge in [-0.25, -0.2) is 9.47 Å². The van der Waals surface area contributed by atoms with Gasteiger partial charge in [0.2, 0.25) is 5.72 Å². The fraction of sp³-hybridized carbons (Fsp3) is 0.312. The Balaban J connectivity index is 0.00000320. The molecule has 1 atom stereocenters. The highest BCUT2D eigenvalue weighted by atomic mass is 79.9. The molecular formula is C32H36BrN3O. The van der Waals surface area contributed by atoms with Gasteiger partial charge in [-0.3, -0.25) is 0 Å². The van der Waals surface area contributed by atoms with Crippen LogP contribution < -0.4 is 26.4 Å². The lowest BCUT2D eigenvalue weighted by Crippen LogP contribution is -3.00. The zero-order valence-corrected chi connectivity index (χ0v) is 23.1. The predicted molar refractivity (Wildman–Crippen MR) is 146 cm³/mol. The van der Waals surface area contributed by atoms with Crippen molar-refractivity contribution < 1.29 is 26.7 Å². The van der Waals surface area contributed by atoms with Gasteiger partial charge in [0.25, 0.3) is 0 Å². The van der Waals surface area contributed by atoms with E-state index in [0.717, 1.165) is 30.0 Å². The van der Waals surface area contributed by atoms with Gasteiger partial charge in [0, 0.05) is 11.6 Å². The van der Waals surface area contributed by atoms with Gasteiger partial charge in [-0.15, -0.1) is 0 Å². The van der Waals surface area contributed by atoms with E-state index in [1.165, 1.54) is 48.8 Å². The summed E-state index contributed by atoms with van der Waals surface area (Å²) in [4.78, 5) is 6.71. The highest BCUT2D eigenvalue weighted by molar-refractivity contribution is 5.70. The Hall–Kier alpha value is -3.02. The molecule has 5 heteroatoms. The minimum absolute atomic E-state index is 0. The van der Waals surface area contributed by atoms with E-state index in [0.29, 0.717) is 6.54 Å². The molecule has 3 aromatic carbocycles. The summed E-state index contributed by atoms with van der Waals surface area (Å²) < 4.78 is 2.06. The summed E-state index contributed by atoms with van der Waals surface area (Å²) >= 11 is 0. The molecule has 2 heterocycles.